The highest BCUT2D eigenvalue weighted by atomic mass is 35.5. The van der Waals surface area contributed by atoms with Crippen molar-refractivity contribution in [1.82, 2.24) is 15.3 Å². The van der Waals surface area contributed by atoms with Gasteiger partial charge in [0.1, 0.15) is 5.52 Å². The lowest BCUT2D eigenvalue weighted by molar-refractivity contribution is 0.456. The number of anilines is 1. The molecule has 6 heteroatoms. The van der Waals surface area contributed by atoms with Crippen molar-refractivity contribution < 1.29 is 4.42 Å². The maximum absolute atomic E-state index is 6.68. The molecule has 134 valence electrons. The molecule has 3 aromatic rings. The van der Waals surface area contributed by atoms with Crippen LogP contribution < -0.4 is 10.2 Å². The highest BCUT2D eigenvalue weighted by molar-refractivity contribution is 6.33. The number of halogens is 1. The van der Waals surface area contributed by atoms with Crippen molar-refractivity contribution in [3.63, 3.8) is 0 Å². The molecule has 5 nitrogen and oxygen atoms in total. The Kier molecular flexibility index (Phi) is 3.87. The number of fused-ring (bicyclic) bond motifs is 1. The fraction of sp³-hybridized carbons (Fsp3) is 0.400. The van der Waals surface area contributed by atoms with Crippen LogP contribution in [0.3, 0.4) is 0 Å². The van der Waals surface area contributed by atoms with E-state index in [0.717, 1.165) is 52.6 Å². The lowest BCUT2D eigenvalue weighted by atomic mass is 10.0. The van der Waals surface area contributed by atoms with E-state index in [1.807, 2.05) is 24.3 Å². The number of aromatic nitrogens is 2. The zero-order chi connectivity index (χ0) is 17.7. The Balaban J connectivity index is 1.72. The van der Waals surface area contributed by atoms with Crippen molar-refractivity contribution in [2.45, 2.75) is 31.7 Å². The lowest BCUT2D eigenvalue weighted by Crippen LogP contribution is -2.50. The van der Waals surface area contributed by atoms with Crippen LogP contribution in [0.25, 0.3) is 22.4 Å². The summed E-state index contributed by atoms with van der Waals surface area (Å²) in [7, 11) is 0. The highest BCUT2D eigenvalue weighted by Gasteiger charge is 2.32. The summed E-state index contributed by atoms with van der Waals surface area (Å²) >= 11 is 6.68. The molecule has 1 saturated heterocycles. The highest BCUT2D eigenvalue weighted by Crippen LogP contribution is 2.48. The van der Waals surface area contributed by atoms with Gasteiger partial charge in [-0.2, -0.15) is 4.98 Å². The molecular weight excluding hydrogens is 348 g/mol. The lowest BCUT2D eigenvalue weighted by Gasteiger charge is -2.32. The Hall–Kier alpha value is -2.11. The van der Waals surface area contributed by atoms with E-state index in [1.54, 1.807) is 6.20 Å². The van der Waals surface area contributed by atoms with Gasteiger partial charge >= 0.3 is 0 Å². The first kappa shape index (κ1) is 16.1. The van der Waals surface area contributed by atoms with Crippen LogP contribution in [0.1, 0.15) is 31.2 Å². The standard InChI is InChI=1S/C20H21ClN4O/c1-12-11-22-8-9-25(12)20-24-18-17(13-5-6-13)15(21)10-14(19(18)26-20)16-4-2-3-7-23-16/h2-4,7,10,12-13,22H,5-6,8-9,11H2,1H3. The molecule has 1 aromatic carbocycles. The third kappa shape index (κ3) is 2.66. The van der Waals surface area contributed by atoms with Gasteiger partial charge in [0.2, 0.25) is 0 Å². The first-order valence-electron chi connectivity index (χ1n) is 9.24. The van der Waals surface area contributed by atoms with Crippen LogP contribution in [0, 0.1) is 0 Å². The van der Waals surface area contributed by atoms with Crippen molar-refractivity contribution in [2.24, 2.45) is 0 Å². The molecular formula is C20H21ClN4O. The molecule has 1 aliphatic carbocycles. The predicted octanol–water partition coefficient (Wildman–Crippen LogP) is 4.22. The van der Waals surface area contributed by atoms with E-state index in [2.05, 4.69) is 22.1 Å². The minimum Gasteiger partial charge on any atom is -0.423 e. The number of piperazine rings is 1. The Bertz CT molecular complexity index is 951. The fourth-order valence-electron chi connectivity index (χ4n) is 3.78. The molecule has 1 aliphatic heterocycles. The predicted molar refractivity (Wildman–Crippen MR) is 104 cm³/mol. The maximum Gasteiger partial charge on any atom is 0.298 e. The Labute approximate surface area is 157 Å². The molecule has 1 atom stereocenters. The molecule has 1 unspecified atom stereocenters. The van der Waals surface area contributed by atoms with Crippen molar-refractivity contribution in [3.8, 4) is 11.3 Å². The van der Waals surface area contributed by atoms with Gasteiger partial charge < -0.3 is 14.6 Å². The van der Waals surface area contributed by atoms with Gasteiger partial charge in [0.25, 0.3) is 6.01 Å². The third-order valence-corrected chi connectivity index (χ3v) is 5.63. The summed E-state index contributed by atoms with van der Waals surface area (Å²) in [6.45, 7) is 4.95. The third-order valence-electron chi connectivity index (χ3n) is 5.32. The summed E-state index contributed by atoms with van der Waals surface area (Å²) in [6.07, 6.45) is 4.13. The first-order valence-corrected chi connectivity index (χ1v) is 9.62. The molecule has 26 heavy (non-hydrogen) atoms. The Morgan fingerprint density at radius 1 is 1.31 bits per heavy atom. The summed E-state index contributed by atoms with van der Waals surface area (Å²) in [5, 5.41) is 4.18. The summed E-state index contributed by atoms with van der Waals surface area (Å²) < 4.78 is 6.33. The van der Waals surface area contributed by atoms with Gasteiger partial charge in [0.05, 0.1) is 5.69 Å². The minimum absolute atomic E-state index is 0.343. The second kappa shape index (κ2) is 6.25. The van der Waals surface area contributed by atoms with Crippen LogP contribution in [0.2, 0.25) is 5.02 Å². The van der Waals surface area contributed by atoms with Crippen molar-refractivity contribution in [3.05, 3.63) is 41.0 Å². The molecule has 0 bridgehead atoms. The average molecular weight is 369 g/mol. The number of nitrogens with one attached hydrogen (secondary N) is 1. The fourth-order valence-corrected chi connectivity index (χ4v) is 4.13. The number of rotatable bonds is 3. The van der Waals surface area contributed by atoms with Gasteiger partial charge in [-0.25, -0.2) is 0 Å². The van der Waals surface area contributed by atoms with Gasteiger partial charge in [-0.3, -0.25) is 4.98 Å². The van der Waals surface area contributed by atoms with Crippen molar-refractivity contribution >= 4 is 28.7 Å². The molecule has 2 fully saturated rings. The monoisotopic (exact) mass is 368 g/mol. The van der Waals surface area contributed by atoms with Crippen molar-refractivity contribution in [2.75, 3.05) is 24.5 Å². The summed E-state index contributed by atoms with van der Waals surface area (Å²) in [5.74, 6) is 0.501. The smallest absolute Gasteiger partial charge is 0.298 e. The van der Waals surface area contributed by atoms with Crippen LogP contribution in [0.4, 0.5) is 6.01 Å². The molecule has 1 saturated carbocycles. The van der Waals surface area contributed by atoms with Crippen LogP contribution in [-0.4, -0.2) is 35.6 Å². The van der Waals surface area contributed by atoms with E-state index in [4.69, 9.17) is 21.0 Å². The molecule has 2 aliphatic rings. The van der Waals surface area contributed by atoms with Crippen LogP contribution >= 0.6 is 11.6 Å². The Morgan fingerprint density at radius 3 is 2.92 bits per heavy atom. The molecule has 2 aromatic heterocycles. The van der Waals surface area contributed by atoms with E-state index < -0.39 is 0 Å². The van der Waals surface area contributed by atoms with E-state index in [1.165, 1.54) is 12.8 Å². The molecule has 1 N–H and O–H groups in total. The first-order chi connectivity index (χ1) is 12.7. The SMILES string of the molecule is CC1CNCCN1c1nc2c(C3CC3)c(Cl)cc(-c3ccccn3)c2o1. The normalized spacial score (nSPS) is 20.7. The number of pyridine rings is 1. The Morgan fingerprint density at radius 2 is 2.19 bits per heavy atom. The van der Waals surface area contributed by atoms with E-state index in [-0.39, 0.29) is 0 Å². The average Bonchev–Trinajstić information content (AvgIpc) is 3.40. The number of oxazole rings is 1. The number of hydrogen-bond acceptors (Lipinski definition) is 5. The van der Waals surface area contributed by atoms with Crippen LogP contribution in [-0.2, 0) is 0 Å². The molecule has 5 rings (SSSR count). The van der Waals surface area contributed by atoms with Gasteiger partial charge in [0, 0.05) is 48.0 Å². The van der Waals surface area contributed by atoms with Crippen LogP contribution in [0.15, 0.2) is 34.9 Å². The van der Waals surface area contributed by atoms with Crippen molar-refractivity contribution in [1.29, 1.82) is 0 Å². The summed E-state index contributed by atoms with van der Waals surface area (Å²) in [6, 6.07) is 8.90. The van der Waals surface area contributed by atoms with E-state index in [9.17, 15) is 0 Å². The largest absolute Gasteiger partial charge is 0.423 e. The zero-order valence-corrected chi connectivity index (χ0v) is 15.5. The molecule has 3 heterocycles. The minimum atomic E-state index is 0.343. The molecule has 0 amide bonds. The zero-order valence-electron chi connectivity index (χ0n) is 14.7. The number of hydrogen-bond donors (Lipinski definition) is 1. The second-order valence-electron chi connectivity index (χ2n) is 7.23. The molecule has 0 spiro atoms. The molecule has 0 radical (unpaired) electrons. The maximum atomic E-state index is 6.68. The second-order valence-corrected chi connectivity index (χ2v) is 7.64. The number of benzene rings is 1. The summed E-state index contributed by atoms with van der Waals surface area (Å²) in [5.41, 5.74) is 4.62. The quantitative estimate of drug-likeness (QED) is 0.750. The van der Waals surface area contributed by atoms with E-state index in [0.29, 0.717) is 18.0 Å². The van der Waals surface area contributed by atoms with Gasteiger partial charge in [-0.15, -0.1) is 0 Å². The van der Waals surface area contributed by atoms with Gasteiger partial charge in [0.15, 0.2) is 5.58 Å². The van der Waals surface area contributed by atoms with Crippen LogP contribution in [0.5, 0.6) is 0 Å². The topological polar surface area (TPSA) is 54.2 Å². The van der Waals surface area contributed by atoms with Gasteiger partial charge in [-0.05, 0) is 43.9 Å². The van der Waals surface area contributed by atoms with Gasteiger partial charge in [-0.1, -0.05) is 17.7 Å². The van der Waals surface area contributed by atoms with E-state index >= 15 is 0 Å². The summed E-state index contributed by atoms with van der Waals surface area (Å²) in [4.78, 5) is 11.7. The number of nitrogens with zero attached hydrogens (tertiary/aromatic N) is 3.